The molecule has 80 valence electrons. The molecule has 3 nitrogen and oxygen atoms in total. The Morgan fingerprint density at radius 2 is 1.93 bits per heavy atom. The molecular weight excluding hydrogens is 176 g/mol. The van der Waals surface area contributed by atoms with E-state index < -0.39 is 0 Å². The van der Waals surface area contributed by atoms with Gasteiger partial charge in [0.05, 0.1) is 0 Å². The van der Waals surface area contributed by atoms with E-state index >= 15 is 0 Å². The Labute approximate surface area is 85.4 Å². The van der Waals surface area contributed by atoms with Gasteiger partial charge in [-0.05, 0) is 50.5 Å². The average Bonchev–Trinajstić information content (AvgIpc) is 2.80. The van der Waals surface area contributed by atoms with Crippen molar-refractivity contribution < 1.29 is 4.79 Å². The number of carbonyl (C=O) groups is 1. The second kappa shape index (κ2) is 4.30. The zero-order valence-corrected chi connectivity index (χ0v) is 8.67. The zero-order chi connectivity index (χ0) is 9.97. The molecule has 2 aliphatic carbocycles. The standard InChI is InChI=1S/C11H20N2O/c12-3-1-2-4-13-11(14)10-6-8-5-9(8)7-10/h8-10H,1-7,12H2,(H,13,14). The molecule has 0 saturated heterocycles. The number of carbonyl (C=O) groups excluding carboxylic acids is 1. The Morgan fingerprint density at radius 1 is 1.21 bits per heavy atom. The van der Waals surface area contributed by atoms with E-state index in [0.717, 1.165) is 50.6 Å². The van der Waals surface area contributed by atoms with Gasteiger partial charge in [-0.1, -0.05) is 0 Å². The van der Waals surface area contributed by atoms with Gasteiger partial charge in [0.15, 0.2) is 0 Å². The second-order valence-corrected chi connectivity index (χ2v) is 4.71. The summed E-state index contributed by atoms with van der Waals surface area (Å²) in [7, 11) is 0. The Morgan fingerprint density at radius 3 is 2.57 bits per heavy atom. The average molecular weight is 196 g/mol. The molecule has 0 aromatic rings. The molecule has 2 fully saturated rings. The number of nitrogens with one attached hydrogen (secondary N) is 1. The van der Waals surface area contributed by atoms with Gasteiger partial charge in [0.2, 0.25) is 5.91 Å². The lowest BCUT2D eigenvalue weighted by Gasteiger charge is -2.11. The SMILES string of the molecule is NCCCCNC(=O)C1CC2CC2C1. The Balaban J connectivity index is 1.59. The molecule has 0 bridgehead atoms. The molecule has 2 rings (SSSR count). The van der Waals surface area contributed by atoms with E-state index in [2.05, 4.69) is 5.32 Å². The van der Waals surface area contributed by atoms with Crippen LogP contribution in [0.5, 0.6) is 0 Å². The third kappa shape index (κ3) is 2.27. The molecule has 14 heavy (non-hydrogen) atoms. The lowest BCUT2D eigenvalue weighted by Crippen LogP contribution is -2.31. The molecule has 0 heterocycles. The lowest BCUT2D eigenvalue weighted by molar-refractivity contribution is -0.125. The molecule has 0 spiro atoms. The first-order chi connectivity index (χ1) is 6.81. The molecule has 0 radical (unpaired) electrons. The Hall–Kier alpha value is -0.570. The minimum absolute atomic E-state index is 0.286. The van der Waals surface area contributed by atoms with Crippen molar-refractivity contribution in [3.8, 4) is 0 Å². The smallest absolute Gasteiger partial charge is 0.223 e. The maximum atomic E-state index is 11.6. The molecule has 1 amide bonds. The van der Waals surface area contributed by atoms with Gasteiger partial charge in [-0.2, -0.15) is 0 Å². The van der Waals surface area contributed by atoms with Gasteiger partial charge in [-0.3, -0.25) is 4.79 Å². The first-order valence-electron chi connectivity index (χ1n) is 5.79. The third-order valence-electron chi connectivity index (χ3n) is 3.54. The van der Waals surface area contributed by atoms with Crippen LogP contribution in [0.4, 0.5) is 0 Å². The fourth-order valence-electron chi connectivity index (χ4n) is 2.55. The second-order valence-electron chi connectivity index (χ2n) is 4.71. The number of unbranched alkanes of at least 4 members (excludes halogenated alkanes) is 1. The largest absolute Gasteiger partial charge is 0.356 e. The van der Waals surface area contributed by atoms with E-state index in [1.807, 2.05) is 0 Å². The molecule has 0 aliphatic heterocycles. The van der Waals surface area contributed by atoms with Crippen molar-refractivity contribution >= 4 is 5.91 Å². The molecule has 0 aromatic carbocycles. The normalized spacial score (nSPS) is 33.9. The number of fused-ring (bicyclic) bond motifs is 1. The summed E-state index contributed by atoms with van der Waals surface area (Å²) in [5, 5.41) is 3.01. The van der Waals surface area contributed by atoms with Crippen molar-refractivity contribution in [2.75, 3.05) is 13.1 Å². The van der Waals surface area contributed by atoms with E-state index in [0.29, 0.717) is 5.92 Å². The van der Waals surface area contributed by atoms with Crippen molar-refractivity contribution in [2.24, 2.45) is 23.5 Å². The van der Waals surface area contributed by atoms with Crippen LogP contribution in [0.25, 0.3) is 0 Å². The van der Waals surface area contributed by atoms with E-state index in [4.69, 9.17) is 5.73 Å². The molecule has 2 aliphatic rings. The Bertz CT molecular complexity index is 207. The summed E-state index contributed by atoms with van der Waals surface area (Å²) < 4.78 is 0. The first kappa shape index (κ1) is 9.97. The van der Waals surface area contributed by atoms with E-state index in [1.54, 1.807) is 0 Å². The molecule has 2 unspecified atom stereocenters. The van der Waals surface area contributed by atoms with Crippen LogP contribution in [0.1, 0.15) is 32.1 Å². The van der Waals surface area contributed by atoms with Crippen LogP contribution >= 0.6 is 0 Å². The topological polar surface area (TPSA) is 55.1 Å². The monoisotopic (exact) mass is 196 g/mol. The summed E-state index contributed by atoms with van der Waals surface area (Å²) in [4.78, 5) is 11.6. The summed E-state index contributed by atoms with van der Waals surface area (Å²) in [5.74, 6) is 2.41. The first-order valence-corrected chi connectivity index (χ1v) is 5.79. The summed E-state index contributed by atoms with van der Waals surface area (Å²) >= 11 is 0. The van der Waals surface area contributed by atoms with Crippen LogP contribution in [0, 0.1) is 17.8 Å². The third-order valence-corrected chi connectivity index (χ3v) is 3.54. The zero-order valence-electron chi connectivity index (χ0n) is 8.67. The highest BCUT2D eigenvalue weighted by Crippen LogP contribution is 2.54. The van der Waals surface area contributed by atoms with E-state index in [1.165, 1.54) is 6.42 Å². The van der Waals surface area contributed by atoms with Gasteiger partial charge in [-0.15, -0.1) is 0 Å². The van der Waals surface area contributed by atoms with Crippen LogP contribution in [0.15, 0.2) is 0 Å². The van der Waals surface area contributed by atoms with Crippen LogP contribution in [-0.2, 0) is 4.79 Å². The number of hydrogen-bond acceptors (Lipinski definition) is 2. The molecular formula is C11H20N2O. The number of rotatable bonds is 5. The fourth-order valence-corrected chi connectivity index (χ4v) is 2.55. The summed E-state index contributed by atoms with van der Waals surface area (Å²) in [6.45, 7) is 1.53. The lowest BCUT2D eigenvalue weighted by atomic mass is 10.0. The predicted molar refractivity (Wildman–Crippen MR) is 55.6 cm³/mol. The van der Waals surface area contributed by atoms with Crippen LogP contribution in [0.2, 0.25) is 0 Å². The van der Waals surface area contributed by atoms with Crippen molar-refractivity contribution in [1.82, 2.24) is 5.32 Å². The number of hydrogen-bond donors (Lipinski definition) is 2. The minimum Gasteiger partial charge on any atom is -0.356 e. The highest BCUT2D eigenvalue weighted by molar-refractivity contribution is 5.79. The molecule has 3 heteroatoms. The summed E-state index contributed by atoms with van der Waals surface area (Å²) in [6.07, 6.45) is 5.70. The highest BCUT2D eigenvalue weighted by atomic mass is 16.1. The molecule has 2 saturated carbocycles. The van der Waals surface area contributed by atoms with E-state index in [9.17, 15) is 4.79 Å². The van der Waals surface area contributed by atoms with Crippen molar-refractivity contribution in [1.29, 1.82) is 0 Å². The van der Waals surface area contributed by atoms with Gasteiger partial charge >= 0.3 is 0 Å². The van der Waals surface area contributed by atoms with Gasteiger partial charge < -0.3 is 11.1 Å². The molecule has 0 aromatic heterocycles. The van der Waals surface area contributed by atoms with Crippen LogP contribution in [-0.4, -0.2) is 19.0 Å². The maximum absolute atomic E-state index is 11.6. The predicted octanol–water partition coefficient (Wildman–Crippen LogP) is 0.888. The summed E-state index contributed by atoms with van der Waals surface area (Å²) in [5.41, 5.74) is 5.38. The Kier molecular flexibility index (Phi) is 3.06. The quantitative estimate of drug-likeness (QED) is 0.642. The van der Waals surface area contributed by atoms with Crippen LogP contribution < -0.4 is 11.1 Å². The fraction of sp³-hybridized carbons (Fsp3) is 0.909. The van der Waals surface area contributed by atoms with E-state index in [-0.39, 0.29) is 5.91 Å². The van der Waals surface area contributed by atoms with Crippen molar-refractivity contribution in [3.05, 3.63) is 0 Å². The molecule has 3 N–H and O–H groups in total. The minimum atomic E-state index is 0.286. The van der Waals surface area contributed by atoms with Crippen molar-refractivity contribution in [2.45, 2.75) is 32.1 Å². The van der Waals surface area contributed by atoms with Gasteiger partial charge in [0.1, 0.15) is 0 Å². The van der Waals surface area contributed by atoms with Gasteiger partial charge in [0, 0.05) is 12.5 Å². The van der Waals surface area contributed by atoms with Crippen molar-refractivity contribution in [3.63, 3.8) is 0 Å². The number of nitrogens with two attached hydrogens (primary N) is 1. The summed E-state index contributed by atoms with van der Waals surface area (Å²) in [6, 6.07) is 0. The van der Waals surface area contributed by atoms with Crippen LogP contribution in [0.3, 0.4) is 0 Å². The number of amides is 1. The molecule has 2 atom stereocenters. The highest BCUT2D eigenvalue weighted by Gasteiger charge is 2.47. The van der Waals surface area contributed by atoms with Gasteiger partial charge in [-0.25, -0.2) is 0 Å². The van der Waals surface area contributed by atoms with Gasteiger partial charge in [0.25, 0.3) is 0 Å². The maximum Gasteiger partial charge on any atom is 0.223 e.